The molecule has 0 saturated carbocycles. The van der Waals surface area contributed by atoms with Gasteiger partial charge < -0.3 is 10.2 Å². The number of benzene rings is 2. The van der Waals surface area contributed by atoms with Gasteiger partial charge in [0.1, 0.15) is 5.82 Å². The molecule has 0 aliphatic carbocycles. The van der Waals surface area contributed by atoms with Crippen LogP contribution < -0.4 is 5.32 Å². The van der Waals surface area contributed by atoms with Crippen LogP contribution in [0.5, 0.6) is 0 Å². The standard InChI is InChI=1S/C20H17F4N5O2/c1-28(2)16(30)10-12-6-8-14(9-7-12)25-19(31)17-18(20(22,23)24)29(27-26-17)15-5-3-4-13(21)11-15/h3-9,11H,10H2,1-2H3,(H,25,31). The van der Waals surface area contributed by atoms with E-state index in [0.717, 1.165) is 12.1 Å². The molecule has 0 saturated heterocycles. The summed E-state index contributed by atoms with van der Waals surface area (Å²) in [6.45, 7) is 0. The molecule has 0 aliphatic rings. The molecule has 0 radical (unpaired) electrons. The molecule has 3 rings (SSSR count). The molecule has 1 heterocycles. The fourth-order valence-corrected chi connectivity index (χ4v) is 2.71. The second-order valence-corrected chi connectivity index (χ2v) is 6.79. The van der Waals surface area contributed by atoms with E-state index in [9.17, 15) is 27.2 Å². The van der Waals surface area contributed by atoms with Crippen molar-refractivity contribution in [3.8, 4) is 5.69 Å². The fourth-order valence-electron chi connectivity index (χ4n) is 2.71. The number of rotatable bonds is 5. The average molecular weight is 435 g/mol. The number of alkyl halides is 3. The van der Waals surface area contributed by atoms with E-state index in [-0.39, 0.29) is 23.7 Å². The van der Waals surface area contributed by atoms with Crippen LogP contribution in [0.25, 0.3) is 5.69 Å². The molecule has 11 heteroatoms. The van der Waals surface area contributed by atoms with E-state index < -0.39 is 29.3 Å². The normalized spacial score (nSPS) is 11.3. The number of nitrogens with one attached hydrogen (secondary N) is 1. The highest BCUT2D eigenvalue weighted by Gasteiger charge is 2.42. The quantitative estimate of drug-likeness (QED) is 0.624. The number of anilines is 1. The zero-order valence-electron chi connectivity index (χ0n) is 16.4. The first-order valence-electron chi connectivity index (χ1n) is 8.95. The molecule has 1 aromatic heterocycles. The molecule has 7 nitrogen and oxygen atoms in total. The molecule has 2 aromatic carbocycles. The van der Waals surface area contributed by atoms with Crippen LogP contribution in [-0.4, -0.2) is 45.8 Å². The summed E-state index contributed by atoms with van der Waals surface area (Å²) >= 11 is 0. The second kappa shape index (κ2) is 8.54. The van der Waals surface area contributed by atoms with E-state index in [0.29, 0.717) is 10.2 Å². The maximum absolute atomic E-state index is 13.7. The van der Waals surface area contributed by atoms with E-state index in [4.69, 9.17) is 0 Å². The first-order chi connectivity index (χ1) is 14.6. The predicted molar refractivity (Wildman–Crippen MR) is 103 cm³/mol. The van der Waals surface area contributed by atoms with Crippen LogP contribution in [0.2, 0.25) is 0 Å². The number of amides is 2. The van der Waals surface area contributed by atoms with Crippen molar-refractivity contribution in [1.82, 2.24) is 19.9 Å². The third-order valence-electron chi connectivity index (χ3n) is 4.27. The Bertz CT molecular complexity index is 1110. The summed E-state index contributed by atoms with van der Waals surface area (Å²) in [5, 5.41) is 9.09. The van der Waals surface area contributed by atoms with Crippen molar-refractivity contribution in [1.29, 1.82) is 0 Å². The van der Waals surface area contributed by atoms with Gasteiger partial charge in [0, 0.05) is 19.8 Å². The minimum atomic E-state index is -4.97. The number of hydrogen-bond donors (Lipinski definition) is 1. The molecule has 0 atom stereocenters. The summed E-state index contributed by atoms with van der Waals surface area (Å²) in [4.78, 5) is 25.7. The lowest BCUT2D eigenvalue weighted by Gasteiger charge is -2.12. The number of carbonyl (C=O) groups excluding carboxylic acids is 2. The molecule has 162 valence electrons. The van der Waals surface area contributed by atoms with Gasteiger partial charge in [0.15, 0.2) is 11.4 Å². The summed E-state index contributed by atoms with van der Waals surface area (Å²) in [7, 11) is 3.23. The zero-order valence-corrected chi connectivity index (χ0v) is 16.4. The maximum Gasteiger partial charge on any atom is 0.435 e. The fraction of sp³-hybridized carbons (Fsp3) is 0.200. The number of nitrogens with zero attached hydrogens (tertiary/aromatic N) is 4. The summed E-state index contributed by atoms with van der Waals surface area (Å²) in [6, 6.07) is 10.4. The van der Waals surface area contributed by atoms with Crippen molar-refractivity contribution in [2.75, 3.05) is 19.4 Å². The first-order valence-corrected chi connectivity index (χ1v) is 8.95. The molecule has 0 bridgehead atoms. The molecule has 0 spiro atoms. The Hall–Kier alpha value is -3.76. The number of hydrogen-bond acceptors (Lipinski definition) is 4. The molecule has 3 aromatic rings. The highest BCUT2D eigenvalue weighted by atomic mass is 19.4. The second-order valence-electron chi connectivity index (χ2n) is 6.79. The van der Waals surface area contributed by atoms with Crippen LogP contribution in [0.1, 0.15) is 21.7 Å². The van der Waals surface area contributed by atoms with E-state index in [1.54, 1.807) is 26.2 Å². The van der Waals surface area contributed by atoms with Gasteiger partial charge >= 0.3 is 6.18 Å². The molecule has 0 unspecified atom stereocenters. The van der Waals surface area contributed by atoms with Crippen LogP contribution in [0.4, 0.5) is 23.2 Å². The molecular weight excluding hydrogens is 418 g/mol. The third kappa shape index (κ3) is 5.05. The number of halogens is 4. The molecular formula is C20H17F4N5O2. The van der Waals surface area contributed by atoms with E-state index >= 15 is 0 Å². The van der Waals surface area contributed by atoms with Gasteiger partial charge in [-0.25, -0.2) is 9.07 Å². The van der Waals surface area contributed by atoms with Crippen LogP contribution in [0, 0.1) is 5.82 Å². The van der Waals surface area contributed by atoms with Crippen LogP contribution in [0.3, 0.4) is 0 Å². The molecule has 2 amide bonds. The Morgan fingerprint density at radius 1 is 1.10 bits per heavy atom. The van der Waals surface area contributed by atoms with Crippen LogP contribution in [-0.2, 0) is 17.4 Å². The van der Waals surface area contributed by atoms with Gasteiger partial charge in [0.05, 0.1) is 12.1 Å². The SMILES string of the molecule is CN(C)C(=O)Cc1ccc(NC(=O)c2nnn(-c3cccc(F)c3)c2C(F)(F)F)cc1. The zero-order chi connectivity index (χ0) is 22.8. The largest absolute Gasteiger partial charge is 0.435 e. The van der Waals surface area contributed by atoms with E-state index in [2.05, 4.69) is 15.6 Å². The van der Waals surface area contributed by atoms with Crippen LogP contribution >= 0.6 is 0 Å². The Labute approximate surface area is 174 Å². The van der Waals surface area contributed by atoms with Crippen molar-refractivity contribution in [3.63, 3.8) is 0 Å². The van der Waals surface area contributed by atoms with Crippen molar-refractivity contribution >= 4 is 17.5 Å². The molecule has 31 heavy (non-hydrogen) atoms. The van der Waals surface area contributed by atoms with Gasteiger partial charge in [0.2, 0.25) is 5.91 Å². The Morgan fingerprint density at radius 3 is 2.35 bits per heavy atom. The Morgan fingerprint density at radius 2 is 1.77 bits per heavy atom. The summed E-state index contributed by atoms with van der Waals surface area (Å²) in [5.74, 6) is -2.02. The highest BCUT2D eigenvalue weighted by Crippen LogP contribution is 2.33. The van der Waals surface area contributed by atoms with Gasteiger partial charge in [-0.05, 0) is 35.9 Å². The van der Waals surface area contributed by atoms with Crippen molar-refractivity contribution in [2.45, 2.75) is 12.6 Å². The minimum absolute atomic E-state index is 0.124. The molecule has 1 N–H and O–H groups in total. The van der Waals surface area contributed by atoms with Gasteiger partial charge in [-0.3, -0.25) is 9.59 Å². The number of aromatic nitrogens is 3. The number of likely N-dealkylation sites (N-methyl/N-ethyl adjacent to an activating group) is 1. The molecule has 0 fully saturated rings. The smallest absolute Gasteiger partial charge is 0.349 e. The summed E-state index contributed by atoms with van der Waals surface area (Å²) in [6.07, 6.45) is -4.83. The van der Waals surface area contributed by atoms with Gasteiger partial charge in [-0.1, -0.05) is 23.4 Å². The highest BCUT2D eigenvalue weighted by molar-refractivity contribution is 6.03. The summed E-state index contributed by atoms with van der Waals surface area (Å²) < 4.78 is 54.8. The van der Waals surface area contributed by atoms with Crippen molar-refractivity contribution in [2.24, 2.45) is 0 Å². The predicted octanol–water partition coefficient (Wildman–Crippen LogP) is 3.31. The van der Waals surface area contributed by atoms with E-state index in [1.807, 2.05) is 0 Å². The maximum atomic E-state index is 13.7. The lowest BCUT2D eigenvalue weighted by atomic mass is 10.1. The topological polar surface area (TPSA) is 80.1 Å². The number of carbonyl (C=O) groups is 2. The third-order valence-corrected chi connectivity index (χ3v) is 4.27. The summed E-state index contributed by atoms with van der Waals surface area (Å²) in [5.41, 5.74) is -1.73. The van der Waals surface area contributed by atoms with Crippen LogP contribution in [0.15, 0.2) is 48.5 Å². The monoisotopic (exact) mass is 435 g/mol. The average Bonchev–Trinajstić information content (AvgIpc) is 3.15. The van der Waals surface area contributed by atoms with Crippen molar-refractivity contribution < 1.29 is 27.2 Å². The van der Waals surface area contributed by atoms with E-state index in [1.165, 1.54) is 29.2 Å². The van der Waals surface area contributed by atoms with Gasteiger partial charge in [-0.2, -0.15) is 13.2 Å². The molecule has 0 aliphatic heterocycles. The Balaban J connectivity index is 1.86. The first kappa shape index (κ1) is 21.9. The van der Waals surface area contributed by atoms with Gasteiger partial charge in [0.25, 0.3) is 5.91 Å². The van der Waals surface area contributed by atoms with Gasteiger partial charge in [-0.15, -0.1) is 5.10 Å². The van der Waals surface area contributed by atoms with Crippen molar-refractivity contribution in [3.05, 3.63) is 71.3 Å². The lowest BCUT2D eigenvalue weighted by molar-refractivity contribution is -0.143. The Kier molecular flexibility index (Phi) is 6.04. The minimum Gasteiger partial charge on any atom is -0.349 e. The lowest BCUT2D eigenvalue weighted by Crippen LogP contribution is -2.23.